The Kier molecular flexibility index (Phi) is 3.75. The topological polar surface area (TPSA) is 70.4 Å². The predicted molar refractivity (Wildman–Crippen MR) is 46.8 cm³/mol. The molecular weight excluding hydrogens is 284 g/mol. The van der Waals surface area contributed by atoms with Gasteiger partial charge < -0.3 is 10.2 Å². The first-order valence-corrected chi connectivity index (χ1v) is 4.51. The summed E-state index contributed by atoms with van der Waals surface area (Å²) in [5.74, 6) is -2.04. The van der Waals surface area contributed by atoms with Crippen molar-refractivity contribution in [3.05, 3.63) is 29.1 Å². The Morgan fingerprint density at radius 1 is 1.11 bits per heavy atom. The van der Waals surface area contributed by atoms with Crippen LogP contribution >= 0.6 is 0 Å². The fourth-order valence-corrected chi connectivity index (χ4v) is 1.21. The zero-order valence-corrected chi connectivity index (χ0v) is 8.75. The van der Waals surface area contributed by atoms with Gasteiger partial charge in [0.2, 0.25) is 0 Å². The van der Waals surface area contributed by atoms with E-state index in [1.54, 1.807) is 0 Å². The smallest absolute Gasteiger partial charge is 0.433 e. The van der Waals surface area contributed by atoms with Crippen molar-refractivity contribution in [1.82, 2.24) is 4.98 Å². The second kappa shape index (κ2) is 4.68. The SMILES string of the molecule is O=C(O)C(O)c1ccc(C(F)(F)F)nc1C(F)(F)F. The third-order valence-corrected chi connectivity index (χ3v) is 2.01. The first-order chi connectivity index (χ1) is 8.44. The number of aliphatic carboxylic acids is 1. The Morgan fingerprint density at radius 3 is 2.00 bits per heavy atom. The van der Waals surface area contributed by atoms with E-state index < -0.39 is 41.4 Å². The molecule has 0 aliphatic heterocycles. The lowest BCUT2D eigenvalue weighted by atomic mass is 10.1. The van der Waals surface area contributed by atoms with E-state index in [0.717, 1.165) is 0 Å². The Balaban J connectivity index is 3.46. The number of carboxylic acid groups (broad SMARTS) is 1. The molecule has 0 aromatic carbocycles. The summed E-state index contributed by atoms with van der Waals surface area (Å²) < 4.78 is 74.2. The van der Waals surface area contributed by atoms with Gasteiger partial charge in [0.1, 0.15) is 5.69 Å². The maximum Gasteiger partial charge on any atom is 0.433 e. The molecule has 1 unspecified atom stereocenters. The van der Waals surface area contributed by atoms with E-state index in [1.807, 2.05) is 0 Å². The van der Waals surface area contributed by atoms with Gasteiger partial charge in [0.25, 0.3) is 0 Å². The van der Waals surface area contributed by atoms with E-state index in [2.05, 4.69) is 4.98 Å². The molecule has 0 radical (unpaired) electrons. The number of hydrogen-bond acceptors (Lipinski definition) is 3. The molecule has 0 bridgehead atoms. The Bertz CT molecular complexity index is 496. The second-order valence-corrected chi connectivity index (χ2v) is 3.37. The summed E-state index contributed by atoms with van der Waals surface area (Å²) in [6.07, 6.45) is -13.1. The van der Waals surface area contributed by atoms with E-state index >= 15 is 0 Å². The van der Waals surface area contributed by atoms with Gasteiger partial charge in [-0.25, -0.2) is 9.78 Å². The lowest BCUT2D eigenvalue weighted by Gasteiger charge is -2.16. The van der Waals surface area contributed by atoms with Crippen LogP contribution in [-0.2, 0) is 17.1 Å². The molecule has 0 saturated carbocycles. The number of nitrogens with zero attached hydrogens (tertiary/aromatic N) is 1. The average Bonchev–Trinajstić information content (AvgIpc) is 2.24. The molecule has 0 aliphatic rings. The van der Waals surface area contributed by atoms with Crippen LogP contribution in [0.3, 0.4) is 0 Å². The molecule has 2 N–H and O–H groups in total. The normalized spacial score (nSPS) is 14.3. The standard InChI is InChI=1S/C9H5F6NO3/c10-8(11,12)4-2-1-3(5(17)7(18)19)6(16-4)9(13,14)15/h1-2,5,17H,(H,18,19). The van der Waals surface area contributed by atoms with Gasteiger partial charge in [-0.2, -0.15) is 26.3 Å². The number of aliphatic hydroxyl groups excluding tert-OH is 1. The number of carbonyl (C=O) groups is 1. The molecule has 4 nitrogen and oxygen atoms in total. The van der Waals surface area contributed by atoms with Crippen molar-refractivity contribution >= 4 is 5.97 Å². The molecular formula is C9H5F6NO3. The summed E-state index contributed by atoms with van der Waals surface area (Å²) >= 11 is 0. The lowest BCUT2D eigenvalue weighted by Crippen LogP contribution is -2.21. The van der Waals surface area contributed by atoms with Gasteiger partial charge in [-0.3, -0.25) is 0 Å². The molecule has 0 aliphatic carbocycles. The number of carboxylic acids is 1. The molecule has 1 rings (SSSR count). The van der Waals surface area contributed by atoms with Crippen LogP contribution in [-0.4, -0.2) is 21.2 Å². The summed E-state index contributed by atoms with van der Waals surface area (Å²) in [6, 6.07) is 0.397. The van der Waals surface area contributed by atoms with Crippen molar-refractivity contribution in [2.75, 3.05) is 0 Å². The fraction of sp³-hybridized carbons (Fsp3) is 0.333. The maximum atomic E-state index is 12.5. The van der Waals surface area contributed by atoms with Crippen molar-refractivity contribution in [3.8, 4) is 0 Å². The highest BCUT2D eigenvalue weighted by molar-refractivity contribution is 5.74. The van der Waals surface area contributed by atoms with Crippen LogP contribution in [0.4, 0.5) is 26.3 Å². The predicted octanol–water partition coefficient (Wildman–Crippen LogP) is 2.24. The summed E-state index contributed by atoms with van der Waals surface area (Å²) in [5, 5.41) is 17.4. The van der Waals surface area contributed by atoms with E-state index in [1.165, 1.54) is 0 Å². The Labute approximate surface area is 101 Å². The molecule has 0 spiro atoms. The monoisotopic (exact) mass is 289 g/mol. The van der Waals surface area contributed by atoms with Gasteiger partial charge in [-0.15, -0.1) is 0 Å². The largest absolute Gasteiger partial charge is 0.479 e. The third kappa shape index (κ3) is 3.34. The van der Waals surface area contributed by atoms with Gasteiger partial charge in [0, 0.05) is 5.56 Å². The van der Waals surface area contributed by atoms with Gasteiger partial charge in [-0.1, -0.05) is 6.07 Å². The fourth-order valence-electron chi connectivity index (χ4n) is 1.21. The minimum atomic E-state index is -5.33. The van der Waals surface area contributed by atoms with Crippen LogP contribution in [0.15, 0.2) is 12.1 Å². The molecule has 106 valence electrons. The summed E-state index contributed by atoms with van der Waals surface area (Å²) in [4.78, 5) is 12.7. The van der Waals surface area contributed by atoms with E-state index in [9.17, 15) is 31.1 Å². The zero-order chi connectivity index (χ0) is 15.0. The summed E-state index contributed by atoms with van der Waals surface area (Å²) in [5.41, 5.74) is -5.17. The number of halogens is 6. The minimum absolute atomic E-state index is 0.163. The quantitative estimate of drug-likeness (QED) is 0.819. The molecule has 0 fully saturated rings. The van der Waals surface area contributed by atoms with Crippen LogP contribution in [0.1, 0.15) is 23.1 Å². The molecule has 1 heterocycles. The highest BCUT2D eigenvalue weighted by Gasteiger charge is 2.42. The maximum absolute atomic E-state index is 12.5. The highest BCUT2D eigenvalue weighted by atomic mass is 19.4. The van der Waals surface area contributed by atoms with E-state index in [0.29, 0.717) is 0 Å². The van der Waals surface area contributed by atoms with Crippen molar-refractivity contribution in [1.29, 1.82) is 0 Å². The van der Waals surface area contributed by atoms with Gasteiger partial charge in [0.05, 0.1) is 0 Å². The number of aliphatic hydroxyl groups is 1. The minimum Gasteiger partial charge on any atom is -0.479 e. The summed E-state index contributed by atoms with van der Waals surface area (Å²) in [6.45, 7) is 0. The zero-order valence-electron chi connectivity index (χ0n) is 8.75. The second-order valence-electron chi connectivity index (χ2n) is 3.37. The number of pyridine rings is 1. The van der Waals surface area contributed by atoms with Gasteiger partial charge in [-0.05, 0) is 6.07 Å². The summed E-state index contributed by atoms with van der Waals surface area (Å²) in [7, 11) is 0. The van der Waals surface area contributed by atoms with Crippen molar-refractivity contribution in [2.45, 2.75) is 18.5 Å². The number of alkyl halides is 6. The van der Waals surface area contributed by atoms with Crippen LogP contribution in [0.2, 0.25) is 0 Å². The first kappa shape index (κ1) is 15.2. The number of aromatic nitrogens is 1. The highest BCUT2D eigenvalue weighted by Crippen LogP contribution is 2.36. The van der Waals surface area contributed by atoms with Crippen molar-refractivity contribution in [2.24, 2.45) is 0 Å². The van der Waals surface area contributed by atoms with Crippen LogP contribution in [0.25, 0.3) is 0 Å². The number of rotatable bonds is 2. The van der Waals surface area contributed by atoms with E-state index in [-0.39, 0.29) is 12.1 Å². The molecule has 1 atom stereocenters. The van der Waals surface area contributed by atoms with Crippen molar-refractivity contribution < 1.29 is 41.4 Å². The molecule has 1 aromatic heterocycles. The molecule has 0 saturated heterocycles. The third-order valence-electron chi connectivity index (χ3n) is 2.01. The molecule has 1 aromatic rings. The lowest BCUT2D eigenvalue weighted by molar-refractivity contribution is -0.153. The van der Waals surface area contributed by atoms with Crippen molar-refractivity contribution in [3.63, 3.8) is 0 Å². The van der Waals surface area contributed by atoms with Crippen LogP contribution < -0.4 is 0 Å². The van der Waals surface area contributed by atoms with Gasteiger partial charge in [0.15, 0.2) is 11.8 Å². The molecule has 0 amide bonds. The molecule has 19 heavy (non-hydrogen) atoms. The Hall–Kier alpha value is -1.84. The van der Waals surface area contributed by atoms with Gasteiger partial charge >= 0.3 is 18.3 Å². The van der Waals surface area contributed by atoms with Crippen LogP contribution in [0.5, 0.6) is 0 Å². The average molecular weight is 289 g/mol. The first-order valence-electron chi connectivity index (χ1n) is 4.51. The number of hydrogen-bond donors (Lipinski definition) is 2. The van der Waals surface area contributed by atoms with E-state index in [4.69, 9.17) is 10.2 Å². The Morgan fingerprint density at radius 2 is 1.63 bits per heavy atom. The van der Waals surface area contributed by atoms with Crippen LogP contribution in [0, 0.1) is 0 Å². The molecule has 10 heteroatoms.